The number of amides is 2. The highest BCUT2D eigenvalue weighted by Gasteiger charge is 2.34. The molecule has 0 saturated carbocycles. The number of carbonyl (C=O) groups is 2. The molecule has 0 aliphatic heterocycles. The lowest BCUT2D eigenvalue weighted by atomic mass is 10.0. The molecule has 0 unspecified atom stereocenters. The van der Waals surface area contributed by atoms with Crippen molar-refractivity contribution in [3.63, 3.8) is 0 Å². The number of pyridine rings is 1. The van der Waals surface area contributed by atoms with Crippen molar-refractivity contribution >= 4 is 79.9 Å². The first kappa shape index (κ1) is 27.0. The number of aromatic nitrogens is 4. The first-order chi connectivity index (χ1) is 18.5. The Labute approximate surface area is 242 Å². The third-order valence-electron chi connectivity index (χ3n) is 5.51. The molecule has 3 heterocycles. The minimum atomic E-state index is -3.40. The lowest BCUT2D eigenvalue weighted by Crippen LogP contribution is -2.21. The third kappa shape index (κ3) is 5.44. The Morgan fingerprint density at radius 2 is 1.82 bits per heavy atom. The van der Waals surface area contributed by atoms with Crippen molar-refractivity contribution in [1.29, 1.82) is 0 Å². The number of benzene rings is 2. The van der Waals surface area contributed by atoms with E-state index in [2.05, 4.69) is 25.9 Å². The molecule has 2 amide bonds. The third-order valence-corrected chi connectivity index (χ3v) is 6.75. The molecule has 5 rings (SSSR count). The quantitative estimate of drug-likeness (QED) is 0.147. The predicted molar refractivity (Wildman–Crippen MR) is 150 cm³/mol. The van der Waals surface area contributed by atoms with E-state index in [1.165, 1.54) is 24.4 Å². The van der Waals surface area contributed by atoms with Crippen LogP contribution >= 0.6 is 45.8 Å². The number of carbonyl (C=O) groups excluding carboxylic acids is 2. The molecule has 14 heteroatoms. The Morgan fingerprint density at radius 1 is 1.05 bits per heavy atom. The number of nitrogens with zero attached hydrogens (tertiary/aromatic N) is 4. The summed E-state index contributed by atoms with van der Waals surface area (Å²) in [5.74, 6) is -0.956. The van der Waals surface area contributed by atoms with Crippen molar-refractivity contribution in [2.24, 2.45) is 0 Å². The van der Waals surface area contributed by atoms with E-state index in [0.717, 1.165) is 33.3 Å². The molecule has 0 fully saturated rings. The maximum atomic E-state index is 14.2. The highest BCUT2D eigenvalue weighted by atomic mass is 127. The van der Waals surface area contributed by atoms with Crippen molar-refractivity contribution < 1.29 is 22.9 Å². The molecule has 0 aliphatic rings. The number of anilines is 2. The fourth-order valence-electron chi connectivity index (χ4n) is 3.77. The van der Waals surface area contributed by atoms with Crippen LogP contribution in [0.3, 0.4) is 0 Å². The van der Waals surface area contributed by atoms with Gasteiger partial charge in [-0.05, 0) is 36.6 Å². The molecule has 0 aliphatic carbocycles. The van der Waals surface area contributed by atoms with Gasteiger partial charge < -0.3 is 15.2 Å². The van der Waals surface area contributed by atoms with E-state index in [4.69, 9.17) is 27.7 Å². The minimum Gasteiger partial charge on any atom is -0.360 e. The smallest absolute Gasteiger partial charge is 0.339 e. The molecule has 2 aromatic carbocycles. The Balaban J connectivity index is 1.61. The summed E-state index contributed by atoms with van der Waals surface area (Å²) in [5.41, 5.74) is -1.07. The Morgan fingerprint density at radius 3 is 2.51 bits per heavy atom. The van der Waals surface area contributed by atoms with Gasteiger partial charge in [0.15, 0.2) is 11.6 Å². The Hall–Kier alpha value is -3.62. The fraction of sp³-hybridized carbons (Fsp3) is 0.0800. The maximum Gasteiger partial charge on any atom is 0.339 e. The summed E-state index contributed by atoms with van der Waals surface area (Å²) in [4.78, 5) is 30.9. The second kappa shape index (κ2) is 10.5. The molecule has 9 nitrogen and oxygen atoms in total. The van der Waals surface area contributed by atoms with Crippen molar-refractivity contribution in [3.8, 4) is 5.82 Å². The van der Waals surface area contributed by atoms with Gasteiger partial charge in [-0.3, -0.25) is 9.59 Å². The highest BCUT2D eigenvalue weighted by molar-refractivity contribution is 14.1. The highest BCUT2D eigenvalue weighted by Crippen LogP contribution is 2.37. The number of alkyl halides is 3. The summed E-state index contributed by atoms with van der Waals surface area (Å²) >= 11 is 13.8. The molecule has 0 radical (unpaired) electrons. The first-order valence-corrected chi connectivity index (χ1v) is 12.9. The van der Waals surface area contributed by atoms with Crippen molar-refractivity contribution in [2.75, 3.05) is 10.6 Å². The lowest BCUT2D eigenvalue weighted by molar-refractivity contribution is 0.101. The number of aryl methyl sites for hydroxylation is 1. The molecule has 39 heavy (non-hydrogen) atoms. The van der Waals surface area contributed by atoms with Crippen LogP contribution < -0.4 is 10.6 Å². The second-order valence-electron chi connectivity index (χ2n) is 8.20. The summed E-state index contributed by atoms with van der Waals surface area (Å²) in [6.07, 6.45) is 1.38. The van der Waals surface area contributed by atoms with Crippen molar-refractivity contribution in [1.82, 2.24) is 19.9 Å². The topological polar surface area (TPSA) is 115 Å². The molecular weight excluding hydrogens is 668 g/mol. The van der Waals surface area contributed by atoms with Gasteiger partial charge in [-0.25, -0.2) is 9.67 Å². The zero-order valence-electron chi connectivity index (χ0n) is 19.7. The average molecular weight is 683 g/mol. The number of fused-ring (bicyclic) bond motifs is 1. The molecule has 0 atom stereocenters. The van der Waals surface area contributed by atoms with E-state index in [1.54, 1.807) is 37.3 Å². The van der Waals surface area contributed by atoms with Crippen molar-refractivity contribution in [3.05, 3.63) is 93.6 Å². The van der Waals surface area contributed by atoms with E-state index in [-0.39, 0.29) is 38.6 Å². The van der Waals surface area contributed by atoms with Crippen LogP contribution in [0.4, 0.5) is 20.3 Å². The molecule has 5 aromatic rings. The average Bonchev–Trinajstić information content (AvgIpc) is 3.52. The van der Waals surface area contributed by atoms with Crippen LogP contribution in [0, 0.1) is 6.92 Å². The van der Waals surface area contributed by atoms with Gasteiger partial charge >= 0.3 is 3.93 Å². The summed E-state index contributed by atoms with van der Waals surface area (Å²) in [5, 5.41) is 14.1. The van der Waals surface area contributed by atoms with Gasteiger partial charge in [0.2, 0.25) is 0 Å². The molecule has 198 valence electrons. The minimum absolute atomic E-state index is 0.00548. The molecule has 0 bridgehead atoms. The van der Waals surface area contributed by atoms with Crippen LogP contribution in [0.2, 0.25) is 10.0 Å². The zero-order valence-corrected chi connectivity index (χ0v) is 23.3. The van der Waals surface area contributed by atoms with Gasteiger partial charge in [-0.15, -0.1) is 0 Å². The zero-order chi connectivity index (χ0) is 27.9. The Kier molecular flexibility index (Phi) is 7.27. The van der Waals surface area contributed by atoms with Crippen LogP contribution in [0.15, 0.2) is 65.3 Å². The molecular formula is C25H15Cl2F2IN6O3. The molecule has 0 saturated heterocycles. The van der Waals surface area contributed by atoms with Crippen LogP contribution in [0.5, 0.6) is 0 Å². The van der Waals surface area contributed by atoms with Gasteiger partial charge in [0.25, 0.3) is 11.8 Å². The second-order valence-corrected chi connectivity index (χ2v) is 10.3. The van der Waals surface area contributed by atoms with Gasteiger partial charge in [-0.2, -0.15) is 13.9 Å². The van der Waals surface area contributed by atoms with Gasteiger partial charge in [-0.1, -0.05) is 52.6 Å². The summed E-state index contributed by atoms with van der Waals surface area (Å²) < 4.78 is 30.9. The van der Waals surface area contributed by atoms with Gasteiger partial charge in [0.1, 0.15) is 17.1 Å². The van der Waals surface area contributed by atoms with Crippen LogP contribution in [-0.2, 0) is 3.93 Å². The van der Waals surface area contributed by atoms with E-state index in [9.17, 15) is 18.4 Å². The fourth-order valence-corrected chi connectivity index (χ4v) is 4.55. The number of rotatable bonds is 6. The standard InChI is InChI=1S/C25H15Cl2F2IN6O3/c1-12-9-19(35-39-12)32-23(37)15-10-13-5-2-3-6-14(13)20(27)21(15)33-24(38)17-11-18(25(28,29)30)34-36(17)22-16(26)7-4-8-31-22/h2-11H,1H3,(H,33,38)(H,32,35,37). The van der Waals surface area contributed by atoms with Crippen molar-refractivity contribution in [2.45, 2.75) is 10.9 Å². The molecule has 2 N–H and O–H groups in total. The van der Waals surface area contributed by atoms with Gasteiger partial charge in [0.05, 0.1) is 21.3 Å². The maximum absolute atomic E-state index is 14.2. The number of halogens is 5. The normalized spacial score (nSPS) is 11.5. The predicted octanol–water partition coefficient (Wildman–Crippen LogP) is 7.01. The van der Waals surface area contributed by atoms with E-state index >= 15 is 0 Å². The number of nitrogens with one attached hydrogen (secondary N) is 2. The summed E-state index contributed by atoms with van der Waals surface area (Å²) in [7, 11) is 0. The molecule has 0 spiro atoms. The van der Waals surface area contributed by atoms with Crippen LogP contribution in [0.1, 0.15) is 32.3 Å². The van der Waals surface area contributed by atoms with Crippen LogP contribution in [-0.4, -0.2) is 31.7 Å². The summed E-state index contributed by atoms with van der Waals surface area (Å²) in [6.45, 7) is 1.66. The number of hydrogen-bond donors (Lipinski definition) is 2. The lowest BCUT2D eigenvalue weighted by Gasteiger charge is -2.15. The summed E-state index contributed by atoms with van der Waals surface area (Å²) in [6, 6.07) is 13.9. The molecule has 3 aromatic heterocycles. The Bertz CT molecular complexity index is 1750. The number of hydrogen-bond acceptors (Lipinski definition) is 6. The first-order valence-electron chi connectivity index (χ1n) is 11.1. The largest absolute Gasteiger partial charge is 0.360 e. The SMILES string of the molecule is Cc1cc(NC(=O)c2cc3ccccc3c(Cl)c2NC(=O)c2cc(C(F)(F)I)nn2-c2ncccc2Cl)no1. The van der Waals surface area contributed by atoms with Gasteiger partial charge in [0, 0.05) is 40.2 Å². The van der Waals surface area contributed by atoms with E-state index in [0.29, 0.717) is 16.5 Å². The van der Waals surface area contributed by atoms with E-state index in [1.807, 2.05) is 0 Å². The monoisotopic (exact) mass is 682 g/mol. The van der Waals surface area contributed by atoms with Crippen LogP contribution in [0.25, 0.3) is 16.6 Å². The van der Waals surface area contributed by atoms with E-state index < -0.39 is 21.4 Å².